The van der Waals surface area contributed by atoms with Gasteiger partial charge >= 0.3 is 6.03 Å². The Balaban J connectivity index is 1.49. The topological polar surface area (TPSA) is 83.1 Å². The maximum Gasteiger partial charge on any atom is 0.315 e. The summed E-state index contributed by atoms with van der Waals surface area (Å²) in [7, 11) is 0. The van der Waals surface area contributed by atoms with Crippen molar-refractivity contribution in [3.63, 3.8) is 0 Å². The first-order valence-electron chi connectivity index (χ1n) is 8.04. The molecule has 0 spiro atoms. The largest absolute Gasteiger partial charge is 0.348 e. The SMILES string of the molecule is Cc1sc(CNC(=O)CNC(=O)NC2CC2)nc1-c1ccc(Cl)cc1. The monoisotopic (exact) mass is 378 g/mol. The number of urea groups is 1. The van der Waals surface area contributed by atoms with E-state index in [0.717, 1.165) is 34.0 Å². The number of nitrogens with one attached hydrogen (secondary N) is 3. The molecule has 1 aromatic carbocycles. The van der Waals surface area contributed by atoms with Crippen LogP contribution in [0.5, 0.6) is 0 Å². The van der Waals surface area contributed by atoms with Crippen LogP contribution in [0.15, 0.2) is 24.3 Å². The molecule has 6 nitrogen and oxygen atoms in total. The molecule has 3 rings (SSSR count). The zero-order valence-corrected chi connectivity index (χ0v) is 15.3. The third-order valence-electron chi connectivity index (χ3n) is 3.72. The number of carbonyl (C=O) groups is 2. The van der Waals surface area contributed by atoms with E-state index in [-0.39, 0.29) is 24.5 Å². The van der Waals surface area contributed by atoms with Crippen LogP contribution in [-0.2, 0) is 11.3 Å². The summed E-state index contributed by atoms with van der Waals surface area (Å²) in [5, 5.41) is 9.58. The first-order valence-corrected chi connectivity index (χ1v) is 9.24. The molecule has 1 aliphatic rings. The first-order chi connectivity index (χ1) is 12.0. The predicted molar refractivity (Wildman–Crippen MR) is 98.7 cm³/mol. The van der Waals surface area contributed by atoms with E-state index in [9.17, 15) is 9.59 Å². The van der Waals surface area contributed by atoms with Crippen LogP contribution in [0.3, 0.4) is 0 Å². The maximum absolute atomic E-state index is 11.8. The number of thiazole rings is 1. The standard InChI is InChI=1S/C17H19ClN4O2S/c1-10-16(11-2-4-12(18)5-3-11)22-15(25-10)9-19-14(23)8-20-17(24)21-13-6-7-13/h2-5,13H,6-9H2,1H3,(H,19,23)(H2,20,21,24). The molecule has 0 atom stereocenters. The summed E-state index contributed by atoms with van der Waals surface area (Å²) in [5.41, 5.74) is 1.89. The van der Waals surface area contributed by atoms with Gasteiger partial charge in [-0.15, -0.1) is 11.3 Å². The van der Waals surface area contributed by atoms with E-state index in [2.05, 4.69) is 20.9 Å². The lowest BCUT2D eigenvalue weighted by atomic mass is 10.1. The fourth-order valence-electron chi connectivity index (χ4n) is 2.26. The molecular weight excluding hydrogens is 360 g/mol. The highest BCUT2D eigenvalue weighted by molar-refractivity contribution is 7.12. The molecular formula is C17H19ClN4O2S. The molecule has 3 amide bonds. The Morgan fingerprint density at radius 2 is 1.96 bits per heavy atom. The number of hydrogen-bond donors (Lipinski definition) is 3. The number of aryl methyl sites for hydroxylation is 1. The van der Waals surface area contributed by atoms with Crippen LogP contribution in [0.4, 0.5) is 4.79 Å². The molecule has 1 heterocycles. The van der Waals surface area contributed by atoms with E-state index in [1.165, 1.54) is 11.3 Å². The van der Waals surface area contributed by atoms with Gasteiger partial charge in [0.2, 0.25) is 5.91 Å². The highest BCUT2D eigenvalue weighted by Crippen LogP contribution is 2.28. The summed E-state index contributed by atoms with van der Waals surface area (Å²) in [6.07, 6.45) is 2.03. The average molecular weight is 379 g/mol. The van der Waals surface area contributed by atoms with Crippen LogP contribution in [-0.4, -0.2) is 29.5 Å². The smallest absolute Gasteiger partial charge is 0.315 e. The molecule has 3 N–H and O–H groups in total. The lowest BCUT2D eigenvalue weighted by molar-refractivity contribution is -0.120. The van der Waals surface area contributed by atoms with Crippen molar-refractivity contribution in [3.8, 4) is 11.3 Å². The molecule has 1 saturated carbocycles. The van der Waals surface area contributed by atoms with Gasteiger partial charge in [0.1, 0.15) is 5.01 Å². The molecule has 132 valence electrons. The number of nitrogens with zero attached hydrogens (tertiary/aromatic N) is 1. The number of halogens is 1. The second-order valence-corrected chi connectivity index (χ2v) is 7.62. The second kappa shape index (κ2) is 7.84. The average Bonchev–Trinajstić information content (AvgIpc) is 3.32. The first kappa shape index (κ1) is 17.7. The Morgan fingerprint density at radius 3 is 2.64 bits per heavy atom. The van der Waals surface area contributed by atoms with Gasteiger partial charge in [-0.3, -0.25) is 4.79 Å². The van der Waals surface area contributed by atoms with E-state index < -0.39 is 0 Å². The van der Waals surface area contributed by atoms with Crippen molar-refractivity contribution in [1.29, 1.82) is 0 Å². The Bertz CT molecular complexity index is 771. The van der Waals surface area contributed by atoms with E-state index in [1.807, 2.05) is 31.2 Å². The van der Waals surface area contributed by atoms with Crippen molar-refractivity contribution in [2.75, 3.05) is 6.54 Å². The Hall–Kier alpha value is -2.12. The Labute approximate surface area is 155 Å². The van der Waals surface area contributed by atoms with Crippen LogP contribution in [0, 0.1) is 6.92 Å². The molecule has 1 aromatic heterocycles. The normalized spacial score (nSPS) is 13.4. The van der Waals surface area contributed by atoms with Crippen LogP contribution in [0.1, 0.15) is 22.7 Å². The quantitative estimate of drug-likeness (QED) is 0.722. The predicted octanol–water partition coefficient (Wildman–Crippen LogP) is 2.85. The van der Waals surface area contributed by atoms with Gasteiger partial charge in [-0.2, -0.15) is 0 Å². The zero-order valence-electron chi connectivity index (χ0n) is 13.8. The molecule has 8 heteroatoms. The van der Waals surface area contributed by atoms with E-state index in [0.29, 0.717) is 11.6 Å². The van der Waals surface area contributed by atoms with Gasteiger partial charge in [0.05, 0.1) is 18.8 Å². The highest BCUT2D eigenvalue weighted by Gasteiger charge is 2.23. The lowest BCUT2D eigenvalue weighted by Crippen LogP contribution is -2.42. The second-order valence-electron chi connectivity index (χ2n) is 5.90. The molecule has 0 bridgehead atoms. The number of hydrogen-bond acceptors (Lipinski definition) is 4. The molecule has 0 saturated heterocycles. The van der Waals surface area contributed by atoms with Gasteiger partial charge in [0, 0.05) is 21.5 Å². The van der Waals surface area contributed by atoms with Crippen molar-refractivity contribution in [2.24, 2.45) is 0 Å². The summed E-state index contributed by atoms with van der Waals surface area (Å²) >= 11 is 7.45. The van der Waals surface area contributed by atoms with Gasteiger partial charge in [-0.1, -0.05) is 23.7 Å². The summed E-state index contributed by atoms with van der Waals surface area (Å²) in [6, 6.07) is 7.48. The summed E-state index contributed by atoms with van der Waals surface area (Å²) < 4.78 is 0. The van der Waals surface area contributed by atoms with Crippen LogP contribution >= 0.6 is 22.9 Å². The number of benzene rings is 1. The van der Waals surface area contributed by atoms with Crippen LogP contribution in [0.2, 0.25) is 5.02 Å². The summed E-state index contributed by atoms with van der Waals surface area (Å²) in [6.45, 7) is 2.29. The summed E-state index contributed by atoms with van der Waals surface area (Å²) in [5.74, 6) is -0.244. The van der Waals surface area contributed by atoms with Gasteiger partial charge in [-0.25, -0.2) is 9.78 Å². The van der Waals surface area contributed by atoms with Gasteiger partial charge < -0.3 is 16.0 Å². The van der Waals surface area contributed by atoms with Crippen molar-refractivity contribution >= 4 is 34.9 Å². The summed E-state index contributed by atoms with van der Waals surface area (Å²) in [4.78, 5) is 29.0. The molecule has 25 heavy (non-hydrogen) atoms. The number of rotatable bonds is 6. The third kappa shape index (κ3) is 5.17. The van der Waals surface area contributed by atoms with Crippen molar-refractivity contribution < 1.29 is 9.59 Å². The molecule has 0 radical (unpaired) electrons. The van der Waals surface area contributed by atoms with Gasteiger partial charge in [0.25, 0.3) is 0 Å². The van der Waals surface area contributed by atoms with Crippen molar-refractivity contribution in [2.45, 2.75) is 32.4 Å². The minimum Gasteiger partial charge on any atom is -0.348 e. The van der Waals surface area contributed by atoms with Crippen LogP contribution < -0.4 is 16.0 Å². The zero-order chi connectivity index (χ0) is 17.8. The number of aromatic nitrogens is 1. The molecule has 1 aliphatic carbocycles. The fraction of sp³-hybridized carbons (Fsp3) is 0.353. The van der Waals surface area contributed by atoms with Gasteiger partial charge in [-0.05, 0) is 31.9 Å². The lowest BCUT2D eigenvalue weighted by Gasteiger charge is -2.06. The molecule has 0 aliphatic heterocycles. The molecule has 2 aromatic rings. The van der Waals surface area contributed by atoms with E-state index in [1.54, 1.807) is 0 Å². The van der Waals surface area contributed by atoms with Crippen molar-refractivity contribution in [3.05, 3.63) is 39.2 Å². The van der Waals surface area contributed by atoms with Gasteiger partial charge in [0.15, 0.2) is 0 Å². The highest BCUT2D eigenvalue weighted by atomic mass is 35.5. The maximum atomic E-state index is 11.8. The van der Waals surface area contributed by atoms with E-state index >= 15 is 0 Å². The van der Waals surface area contributed by atoms with Crippen molar-refractivity contribution in [1.82, 2.24) is 20.9 Å². The fourth-order valence-corrected chi connectivity index (χ4v) is 3.28. The number of carbonyl (C=O) groups excluding carboxylic acids is 2. The van der Waals surface area contributed by atoms with E-state index in [4.69, 9.17) is 11.6 Å². The minimum atomic E-state index is -0.298. The van der Waals surface area contributed by atoms with Crippen LogP contribution in [0.25, 0.3) is 11.3 Å². The Kier molecular flexibility index (Phi) is 5.55. The molecule has 1 fully saturated rings. The number of amides is 3. The Morgan fingerprint density at radius 1 is 1.24 bits per heavy atom. The minimum absolute atomic E-state index is 0.0487. The third-order valence-corrected chi connectivity index (χ3v) is 4.94. The molecule has 0 unspecified atom stereocenters.